The van der Waals surface area contributed by atoms with E-state index < -0.39 is 0 Å². The third-order valence-corrected chi connectivity index (χ3v) is 4.76. The molecule has 0 aliphatic carbocycles. The molecule has 0 aliphatic rings. The number of carbonyl (C=O) groups excluding carboxylic acids is 1. The van der Waals surface area contributed by atoms with Gasteiger partial charge in [-0.05, 0) is 30.2 Å². The molecule has 0 atom stereocenters. The Hall–Kier alpha value is -2.18. The van der Waals surface area contributed by atoms with Crippen molar-refractivity contribution in [3.63, 3.8) is 0 Å². The average molecular weight is 334 g/mol. The topological polar surface area (TPSA) is 74.8 Å². The van der Waals surface area contributed by atoms with E-state index in [0.29, 0.717) is 32.2 Å². The van der Waals surface area contributed by atoms with Crippen LogP contribution < -0.4 is 10.9 Å². The molecule has 0 saturated heterocycles. The van der Waals surface area contributed by atoms with Crippen molar-refractivity contribution in [3.05, 3.63) is 62.0 Å². The number of aryl methyl sites for hydroxylation is 1. The summed E-state index contributed by atoms with van der Waals surface area (Å²) < 4.78 is 0. The van der Waals surface area contributed by atoms with Crippen molar-refractivity contribution < 1.29 is 4.79 Å². The quantitative estimate of drug-likeness (QED) is 0.774. The summed E-state index contributed by atoms with van der Waals surface area (Å²) in [5.74, 6) is -0.213. The van der Waals surface area contributed by atoms with Gasteiger partial charge in [0.1, 0.15) is 4.83 Å². The second kappa shape index (κ2) is 5.90. The molecule has 0 aliphatic heterocycles. The van der Waals surface area contributed by atoms with Crippen LogP contribution in [-0.4, -0.2) is 15.9 Å². The normalized spacial score (nSPS) is 10.8. The Kier molecular flexibility index (Phi) is 3.96. The summed E-state index contributed by atoms with van der Waals surface area (Å²) >= 11 is 7.05. The average Bonchev–Trinajstić information content (AvgIpc) is 2.85. The number of H-pyrrole nitrogens is 1. The predicted molar refractivity (Wildman–Crippen MR) is 87.6 cm³/mol. The molecule has 0 saturated carbocycles. The van der Waals surface area contributed by atoms with Crippen LogP contribution in [0.3, 0.4) is 0 Å². The highest BCUT2D eigenvalue weighted by Crippen LogP contribution is 2.26. The van der Waals surface area contributed by atoms with E-state index in [0.717, 1.165) is 5.56 Å². The van der Waals surface area contributed by atoms with Gasteiger partial charge in [0, 0.05) is 11.6 Å². The Morgan fingerprint density at radius 1 is 1.36 bits per heavy atom. The van der Waals surface area contributed by atoms with Gasteiger partial charge >= 0.3 is 0 Å². The molecule has 0 unspecified atom stereocenters. The number of carbonyl (C=O) groups is 1. The number of hydrogen-bond donors (Lipinski definition) is 2. The molecular formula is C15H12ClN3O2S. The first-order chi connectivity index (χ1) is 10.6. The first-order valence-corrected chi connectivity index (χ1v) is 7.75. The molecule has 22 heavy (non-hydrogen) atoms. The second-order valence-electron chi connectivity index (χ2n) is 4.78. The fourth-order valence-corrected chi connectivity index (χ4v) is 3.35. The van der Waals surface area contributed by atoms with Crippen LogP contribution in [0.15, 0.2) is 35.4 Å². The van der Waals surface area contributed by atoms with Crippen LogP contribution in [0.5, 0.6) is 0 Å². The standard InChI is InChI=1S/C15H12ClN3O2S/c1-8-11-13(20)18-7-19-15(11)22-12(8)14(21)17-6-9-2-4-10(16)5-3-9/h2-5,7H,6H2,1H3,(H,17,21)(H,18,19,20). The highest BCUT2D eigenvalue weighted by Gasteiger charge is 2.17. The minimum absolute atomic E-state index is 0.213. The van der Waals surface area contributed by atoms with Crippen molar-refractivity contribution >= 4 is 39.1 Å². The van der Waals surface area contributed by atoms with Crippen LogP contribution >= 0.6 is 22.9 Å². The number of halogens is 1. The number of benzene rings is 1. The number of amides is 1. The van der Waals surface area contributed by atoms with Crippen molar-refractivity contribution in [2.45, 2.75) is 13.5 Å². The van der Waals surface area contributed by atoms with Gasteiger partial charge in [-0.1, -0.05) is 23.7 Å². The summed E-state index contributed by atoms with van der Waals surface area (Å²) in [5, 5.41) is 3.97. The first-order valence-electron chi connectivity index (χ1n) is 6.55. The number of nitrogens with one attached hydrogen (secondary N) is 2. The molecule has 0 fully saturated rings. The zero-order valence-corrected chi connectivity index (χ0v) is 13.2. The van der Waals surface area contributed by atoms with Crippen molar-refractivity contribution in [2.24, 2.45) is 0 Å². The number of fused-ring (bicyclic) bond motifs is 1. The van der Waals surface area contributed by atoms with E-state index in [1.807, 2.05) is 12.1 Å². The summed E-state index contributed by atoms with van der Waals surface area (Å²) in [4.78, 5) is 31.8. The SMILES string of the molecule is Cc1c(C(=O)NCc2ccc(Cl)cc2)sc2nc[nH]c(=O)c12. The predicted octanol–water partition coefficient (Wildman–Crippen LogP) is 2.88. The van der Waals surface area contributed by atoms with E-state index >= 15 is 0 Å². The Labute approximate surface area is 135 Å². The maximum Gasteiger partial charge on any atom is 0.261 e. The molecule has 5 nitrogen and oxygen atoms in total. The fraction of sp³-hybridized carbons (Fsp3) is 0.133. The molecule has 7 heteroatoms. The van der Waals surface area contributed by atoms with Crippen molar-refractivity contribution in [3.8, 4) is 0 Å². The van der Waals surface area contributed by atoms with E-state index in [2.05, 4.69) is 15.3 Å². The maximum atomic E-state index is 12.3. The van der Waals surface area contributed by atoms with Crippen LogP contribution in [0.4, 0.5) is 0 Å². The van der Waals surface area contributed by atoms with Crippen molar-refractivity contribution in [2.75, 3.05) is 0 Å². The Morgan fingerprint density at radius 2 is 2.09 bits per heavy atom. The molecule has 0 bridgehead atoms. The van der Waals surface area contributed by atoms with Crippen LogP contribution in [-0.2, 0) is 6.54 Å². The molecular weight excluding hydrogens is 322 g/mol. The molecule has 2 N–H and O–H groups in total. The lowest BCUT2D eigenvalue weighted by molar-refractivity contribution is 0.0954. The number of rotatable bonds is 3. The lowest BCUT2D eigenvalue weighted by Crippen LogP contribution is -2.22. The first kappa shape index (κ1) is 14.7. The minimum atomic E-state index is -0.226. The fourth-order valence-electron chi connectivity index (χ4n) is 2.16. The Morgan fingerprint density at radius 3 is 2.77 bits per heavy atom. The minimum Gasteiger partial charge on any atom is -0.347 e. The summed E-state index contributed by atoms with van der Waals surface area (Å²) in [6.07, 6.45) is 1.34. The summed E-state index contributed by atoms with van der Waals surface area (Å²) in [6.45, 7) is 2.15. The van der Waals surface area contributed by atoms with Crippen LogP contribution in [0.25, 0.3) is 10.2 Å². The van der Waals surface area contributed by atoms with E-state index in [1.54, 1.807) is 19.1 Å². The second-order valence-corrected chi connectivity index (χ2v) is 6.21. The van der Waals surface area contributed by atoms with Gasteiger partial charge < -0.3 is 10.3 Å². The molecule has 3 aromatic rings. The van der Waals surface area contributed by atoms with Crippen molar-refractivity contribution in [1.82, 2.24) is 15.3 Å². The Bertz CT molecular complexity index is 899. The summed E-state index contributed by atoms with van der Waals surface area (Å²) in [6, 6.07) is 7.26. The van der Waals surface area contributed by atoms with Crippen LogP contribution in [0.2, 0.25) is 5.02 Å². The molecule has 2 heterocycles. The van der Waals surface area contributed by atoms with Gasteiger partial charge in [0.25, 0.3) is 11.5 Å². The number of thiophene rings is 1. The molecule has 2 aromatic heterocycles. The smallest absolute Gasteiger partial charge is 0.261 e. The van der Waals surface area contributed by atoms with Gasteiger partial charge in [-0.3, -0.25) is 9.59 Å². The van der Waals surface area contributed by atoms with Gasteiger partial charge in [0.2, 0.25) is 0 Å². The maximum absolute atomic E-state index is 12.3. The van der Waals surface area contributed by atoms with Gasteiger partial charge in [0.05, 0.1) is 16.6 Å². The molecule has 0 spiro atoms. The molecule has 1 amide bonds. The summed E-state index contributed by atoms with van der Waals surface area (Å²) in [7, 11) is 0. The van der Waals surface area contributed by atoms with E-state index in [-0.39, 0.29) is 11.5 Å². The highest BCUT2D eigenvalue weighted by molar-refractivity contribution is 7.20. The number of nitrogens with zero attached hydrogens (tertiary/aromatic N) is 1. The highest BCUT2D eigenvalue weighted by atomic mass is 35.5. The molecule has 1 aromatic carbocycles. The van der Waals surface area contributed by atoms with Gasteiger partial charge in [-0.25, -0.2) is 4.98 Å². The number of aromatic nitrogens is 2. The third kappa shape index (κ3) is 2.75. The van der Waals surface area contributed by atoms with Gasteiger partial charge in [-0.15, -0.1) is 11.3 Å². The van der Waals surface area contributed by atoms with E-state index in [9.17, 15) is 9.59 Å². The lowest BCUT2D eigenvalue weighted by atomic mass is 10.2. The van der Waals surface area contributed by atoms with E-state index in [4.69, 9.17) is 11.6 Å². The zero-order valence-electron chi connectivity index (χ0n) is 11.6. The zero-order chi connectivity index (χ0) is 15.7. The van der Waals surface area contributed by atoms with Crippen molar-refractivity contribution in [1.29, 1.82) is 0 Å². The van der Waals surface area contributed by atoms with Gasteiger partial charge in [-0.2, -0.15) is 0 Å². The monoisotopic (exact) mass is 333 g/mol. The molecule has 112 valence electrons. The summed E-state index contributed by atoms with van der Waals surface area (Å²) in [5.41, 5.74) is 1.38. The largest absolute Gasteiger partial charge is 0.347 e. The molecule has 0 radical (unpaired) electrons. The van der Waals surface area contributed by atoms with E-state index in [1.165, 1.54) is 17.7 Å². The Balaban J connectivity index is 1.83. The van der Waals surface area contributed by atoms with Crippen LogP contribution in [0, 0.1) is 6.92 Å². The van der Waals surface area contributed by atoms with Gasteiger partial charge in [0.15, 0.2) is 0 Å². The number of aromatic amines is 1. The number of hydrogen-bond acceptors (Lipinski definition) is 4. The third-order valence-electron chi connectivity index (χ3n) is 3.31. The van der Waals surface area contributed by atoms with Crippen LogP contribution in [0.1, 0.15) is 20.8 Å². The lowest BCUT2D eigenvalue weighted by Gasteiger charge is -2.04. The molecule has 3 rings (SSSR count).